The minimum absolute atomic E-state index is 0.0199. The molecule has 0 radical (unpaired) electrons. The SMILES string of the molecule is CC(Nc1ccc(S(C)(=O)=O)cc1S(C)(=O)=O)C(C)C1CCCCC1. The van der Waals surface area contributed by atoms with Crippen LogP contribution in [-0.4, -0.2) is 35.4 Å². The van der Waals surface area contributed by atoms with Gasteiger partial charge >= 0.3 is 0 Å². The van der Waals surface area contributed by atoms with Gasteiger partial charge in [0.05, 0.1) is 15.5 Å². The molecule has 25 heavy (non-hydrogen) atoms. The van der Waals surface area contributed by atoms with Gasteiger partial charge in [0.25, 0.3) is 0 Å². The highest BCUT2D eigenvalue weighted by Crippen LogP contribution is 2.33. The van der Waals surface area contributed by atoms with Gasteiger partial charge in [-0.3, -0.25) is 0 Å². The number of rotatable bonds is 6. The summed E-state index contributed by atoms with van der Waals surface area (Å²) in [4.78, 5) is 0.0598. The van der Waals surface area contributed by atoms with Crippen molar-refractivity contribution in [2.75, 3.05) is 17.8 Å². The number of hydrogen-bond acceptors (Lipinski definition) is 5. The molecule has 1 aliphatic carbocycles. The van der Waals surface area contributed by atoms with Crippen LogP contribution in [-0.2, 0) is 19.7 Å². The average molecular weight is 388 g/mol. The lowest BCUT2D eigenvalue weighted by atomic mass is 9.78. The zero-order chi connectivity index (χ0) is 18.8. The van der Waals surface area contributed by atoms with Crippen LogP contribution in [0.15, 0.2) is 28.0 Å². The van der Waals surface area contributed by atoms with Crippen molar-refractivity contribution in [3.63, 3.8) is 0 Å². The lowest BCUT2D eigenvalue weighted by Gasteiger charge is -2.33. The summed E-state index contributed by atoms with van der Waals surface area (Å²) in [6, 6.07) is 4.39. The third-order valence-electron chi connectivity index (χ3n) is 5.35. The molecule has 142 valence electrons. The Hall–Kier alpha value is -1.08. The van der Waals surface area contributed by atoms with Crippen molar-refractivity contribution in [1.82, 2.24) is 0 Å². The van der Waals surface area contributed by atoms with Gasteiger partial charge in [0.1, 0.15) is 0 Å². The van der Waals surface area contributed by atoms with Crippen LogP contribution in [0.4, 0.5) is 5.69 Å². The van der Waals surface area contributed by atoms with Gasteiger partial charge in [-0.2, -0.15) is 0 Å². The van der Waals surface area contributed by atoms with E-state index in [-0.39, 0.29) is 15.8 Å². The van der Waals surface area contributed by atoms with E-state index in [1.165, 1.54) is 44.2 Å². The first-order valence-corrected chi connectivity index (χ1v) is 12.6. The first-order chi connectivity index (χ1) is 11.5. The highest BCUT2D eigenvalue weighted by Gasteiger charge is 2.26. The summed E-state index contributed by atoms with van der Waals surface area (Å²) >= 11 is 0. The monoisotopic (exact) mass is 387 g/mol. The molecular weight excluding hydrogens is 358 g/mol. The molecule has 0 bridgehead atoms. The Bertz CT molecular complexity index is 809. The van der Waals surface area contributed by atoms with Crippen LogP contribution in [0.3, 0.4) is 0 Å². The predicted octanol–water partition coefficient (Wildman–Crippen LogP) is 3.51. The molecular formula is C18H29NO4S2. The van der Waals surface area contributed by atoms with Crippen molar-refractivity contribution in [2.45, 2.75) is 61.8 Å². The Labute approximate surface area is 152 Å². The van der Waals surface area contributed by atoms with Gasteiger partial charge in [0.2, 0.25) is 0 Å². The van der Waals surface area contributed by atoms with Crippen LogP contribution in [0, 0.1) is 11.8 Å². The maximum absolute atomic E-state index is 12.2. The topological polar surface area (TPSA) is 80.3 Å². The van der Waals surface area contributed by atoms with E-state index in [4.69, 9.17) is 0 Å². The van der Waals surface area contributed by atoms with Crippen molar-refractivity contribution < 1.29 is 16.8 Å². The predicted molar refractivity (Wildman–Crippen MR) is 101 cm³/mol. The second kappa shape index (κ2) is 7.66. The van der Waals surface area contributed by atoms with Crippen molar-refractivity contribution in [2.24, 2.45) is 11.8 Å². The van der Waals surface area contributed by atoms with Crippen molar-refractivity contribution in [3.8, 4) is 0 Å². The van der Waals surface area contributed by atoms with E-state index in [9.17, 15) is 16.8 Å². The summed E-state index contributed by atoms with van der Waals surface area (Å²) in [6.07, 6.45) is 8.46. The van der Waals surface area contributed by atoms with Crippen LogP contribution in [0.1, 0.15) is 46.0 Å². The van der Waals surface area contributed by atoms with Gasteiger partial charge in [-0.1, -0.05) is 39.0 Å². The van der Waals surface area contributed by atoms with Crippen LogP contribution in [0.25, 0.3) is 0 Å². The Balaban J connectivity index is 2.29. The zero-order valence-corrected chi connectivity index (χ0v) is 17.1. The molecule has 0 aliphatic heterocycles. The lowest BCUT2D eigenvalue weighted by molar-refractivity contribution is 0.246. The van der Waals surface area contributed by atoms with Crippen LogP contribution in [0.2, 0.25) is 0 Å². The van der Waals surface area contributed by atoms with Gasteiger partial charge < -0.3 is 5.32 Å². The van der Waals surface area contributed by atoms with Crippen molar-refractivity contribution in [3.05, 3.63) is 18.2 Å². The molecule has 2 rings (SSSR count). The second-order valence-corrected chi connectivity index (χ2v) is 11.4. The van der Waals surface area contributed by atoms with Crippen LogP contribution >= 0.6 is 0 Å². The molecule has 0 saturated heterocycles. The van der Waals surface area contributed by atoms with Crippen molar-refractivity contribution >= 4 is 25.4 Å². The molecule has 1 N–H and O–H groups in total. The van der Waals surface area contributed by atoms with Gasteiger partial charge in [-0.25, -0.2) is 16.8 Å². The van der Waals surface area contributed by atoms with Crippen LogP contribution in [0.5, 0.6) is 0 Å². The third-order valence-corrected chi connectivity index (χ3v) is 7.59. The Morgan fingerprint density at radius 3 is 2.08 bits per heavy atom. The summed E-state index contributed by atoms with van der Waals surface area (Å²) in [7, 11) is -7.00. The summed E-state index contributed by atoms with van der Waals surface area (Å²) in [6.45, 7) is 4.27. The minimum Gasteiger partial charge on any atom is -0.381 e. The average Bonchev–Trinajstić information content (AvgIpc) is 2.53. The summed E-state index contributed by atoms with van der Waals surface area (Å²) in [5.41, 5.74) is 0.477. The highest BCUT2D eigenvalue weighted by atomic mass is 32.2. The van der Waals surface area contributed by atoms with E-state index in [2.05, 4.69) is 19.2 Å². The molecule has 1 aromatic rings. The minimum atomic E-state index is -3.54. The van der Waals surface area contributed by atoms with Crippen molar-refractivity contribution in [1.29, 1.82) is 0 Å². The van der Waals surface area contributed by atoms with Gasteiger partial charge in [-0.15, -0.1) is 0 Å². The van der Waals surface area contributed by atoms with Gasteiger partial charge in [-0.05, 0) is 37.0 Å². The summed E-state index contributed by atoms with van der Waals surface area (Å²) < 4.78 is 47.8. The van der Waals surface area contributed by atoms with Crippen LogP contribution < -0.4 is 5.32 Å². The summed E-state index contributed by atoms with van der Waals surface area (Å²) in [5.74, 6) is 1.07. The molecule has 0 heterocycles. The number of anilines is 1. The van der Waals surface area contributed by atoms with Gasteiger partial charge in [0.15, 0.2) is 19.7 Å². The third kappa shape index (κ3) is 5.20. The quantitative estimate of drug-likeness (QED) is 0.808. The maximum atomic E-state index is 12.2. The largest absolute Gasteiger partial charge is 0.381 e. The first kappa shape index (κ1) is 20.2. The van der Waals surface area contributed by atoms with E-state index in [0.717, 1.165) is 12.5 Å². The van der Waals surface area contributed by atoms with E-state index in [0.29, 0.717) is 17.5 Å². The van der Waals surface area contributed by atoms with E-state index < -0.39 is 19.7 Å². The number of hydrogen-bond donors (Lipinski definition) is 1. The standard InChI is InChI=1S/C18H29NO4S2/c1-13(15-8-6-5-7-9-15)14(2)19-17-11-10-16(24(3,20)21)12-18(17)25(4,22)23/h10-15,19H,5-9H2,1-4H3. The molecule has 2 atom stereocenters. The first-order valence-electron chi connectivity index (χ1n) is 8.81. The fraction of sp³-hybridized carbons (Fsp3) is 0.667. The molecule has 0 spiro atoms. The lowest BCUT2D eigenvalue weighted by Crippen LogP contribution is -2.31. The molecule has 1 aliphatic rings. The van der Waals surface area contributed by atoms with E-state index in [1.54, 1.807) is 6.07 Å². The van der Waals surface area contributed by atoms with E-state index in [1.807, 2.05) is 0 Å². The molecule has 7 heteroatoms. The molecule has 1 saturated carbocycles. The fourth-order valence-electron chi connectivity index (χ4n) is 3.60. The van der Waals surface area contributed by atoms with E-state index >= 15 is 0 Å². The number of benzene rings is 1. The Morgan fingerprint density at radius 2 is 1.56 bits per heavy atom. The highest BCUT2D eigenvalue weighted by molar-refractivity contribution is 7.91. The number of nitrogens with one attached hydrogen (secondary N) is 1. The smallest absolute Gasteiger partial charge is 0.177 e. The second-order valence-electron chi connectivity index (χ2n) is 7.39. The molecule has 1 aromatic carbocycles. The molecule has 5 nitrogen and oxygen atoms in total. The zero-order valence-electron chi connectivity index (χ0n) is 15.4. The Morgan fingerprint density at radius 1 is 0.960 bits per heavy atom. The normalized spacial score (nSPS) is 19.4. The fourth-order valence-corrected chi connectivity index (χ4v) is 5.19. The molecule has 0 amide bonds. The number of sulfone groups is 2. The molecule has 1 fully saturated rings. The Kier molecular flexibility index (Phi) is 6.20. The molecule has 2 unspecified atom stereocenters. The molecule has 0 aromatic heterocycles. The summed E-state index contributed by atoms with van der Waals surface area (Å²) in [5, 5.41) is 3.32. The van der Waals surface area contributed by atoms with Gasteiger partial charge in [0, 0.05) is 18.6 Å². The maximum Gasteiger partial charge on any atom is 0.177 e.